The van der Waals surface area contributed by atoms with Crippen molar-refractivity contribution in [2.24, 2.45) is 5.92 Å². The van der Waals surface area contributed by atoms with Gasteiger partial charge in [0.15, 0.2) is 0 Å². The van der Waals surface area contributed by atoms with Gasteiger partial charge in [0, 0.05) is 32.1 Å². The summed E-state index contributed by atoms with van der Waals surface area (Å²) >= 11 is 0. The minimum atomic E-state index is -0.326. The van der Waals surface area contributed by atoms with E-state index in [4.69, 9.17) is 0 Å². The summed E-state index contributed by atoms with van der Waals surface area (Å²) in [5.74, 6) is 0.649. The van der Waals surface area contributed by atoms with Gasteiger partial charge in [0.1, 0.15) is 6.04 Å². The first kappa shape index (κ1) is 15.3. The number of rotatable bonds is 4. The van der Waals surface area contributed by atoms with Gasteiger partial charge in [0.2, 0.25) is 11.8 Å². The highest BCUT2D eigenvalue weighted by Gasteiger charge is 2.32. The fourth-order valence-corrected chi connectivity index (χ4v) is 3.15. The summed E-state index contributed by atoms with van der Waals surface area (Å²) in [4.78, 5) is 28.4. The van der Waals surface area contributed by atoms with E-state index in [0.29, 0.717) is 31.3 Å². The minimum absolute atomic E-state index is 0.00271. The molecule has 114 valence electrons. The SMILES string of the molecule is CCC1NC(=O)CCN(CC2CCN(C(C)C)C2)C1=O. The first-order chi connectivity index (χ1) is 9.51. The maximum absolute atomic E-state index is 12.4. The Labute approximate surface area is 121 Å². The van der Waals surface area contributed by atoms with Crippen molar-refractivity contribution in [3.8, 4) is 0 Å². The molecule has 1 N–H and O–H groups in total. The molecule has 0 aromatic heterocycles. The van der Waals surface area contributed by atoms with Gasteiger partial charge in [-0.1, -0.05) is 6.92 Å². The van der Waals surface area contributed by atoms with Gasteiger partial charge in [-0.05, 0) is 39.2 Å². The molecule has 0 aromatic carbocycles. The van der Waals surface area contributed by atoms with Gasteiger partial charge < -0.3 is 15.1 Å². The third-order valence-electron chi connectivity index (χ3n) is 4.49. The molecule has 2 saturated heterocycles. The Morgan fingerprint density at radius 2 is 2.05 bits per heavy atom. The molecule has 0 saturated carbocycles. The summed E-state index contributed by atoms with van der Waals surface area (Å²) in [5, 5.41) is 2.82. The molecule has 0 spiro atoms. The molecule has 2 aliphatic heterocycles. The zero-order valence-electron chi connectivity index (χ0n) is 12.9. The van der Waals surface area contributed by atoms with Crippen LogP contribution < -0.4 is 5.32 Å². The Hall–Kier alpha value is -1.10. The number of nitrogens with zero attached hydrogens (tertiary/aromatic N) is 2. The van der Waals surface area contributed by atoms with Gasteiger partial charge in [-0.3, -0.25) is 9.59 Å². The zero-order chi connectivity index (χ0) is 14.7. The molecule has 20 heavy (non-hydrogen) atoms. The second kappa shape index (κ2) is 6.57. The lowest BCUT2D eigenvalue weighted by atomic mass is 10.1. The number of amides is 2. The van der Waals surface area contributed by atoms with Gasteiger partial charge in [0.05, 0.1) is 0 Å². The Morgan fingerprint density at radius 3 is 2.65 bits per heavy atom. The average Bonchev–Trinajstić information content (AvgIpc) is 2.83. The highest BCUT2D eigenvalue weighted by molar-refractivity contribution is 5.89. The third-order valence-corrected chi connectivity index (χ3v) is 4.49. The molecule has 5 nitrogen and oxygen atoms in total. The third kappa shape index (κ3) is 3.51. The van der Waals surface area contributed by atoms with E-state index < -0.39 is 0 Å². The molecule has 0 radical (unpaired) electrons. The van der Waals surface area contributed by atoms with Crippen LogP contribution in [0, 0.1) is 5.92 Å². The van der Waals surface area contributed by atoms with Gasteiger partial charge >= 0.3 is 0 Å². The Kier molecular flexibility index (Phi) is 5.02. The highest BCUT2D eigenvalue weighted by atomic mass is 16.2. The van der Waals surface area contributed by atoms with Gasteiger partial charge in [-0.2, -0.15) is 0 Å². The molecular weight excluding hydrogens is 254 g/mol. The summed E-state index contributed by atoms with van der Waals surface area (Å²) in [6.45, 7) is 9.94. The monoisotopic (exact) mass is 281 g/mol. The van der Waals surface area contributed by atoms with E-state index in [1.165, 1.54) is 0 Å². The van der Waals surface area contributed by atoms with E-state index in [1.807, 2.05) is 11.8 Å². The summed E-state index contributed by atoms with van der Waals surface area (Å²) in [5.41, 5.74) is 0. The number of nitrogens with one attached hydrogen (secondary N) is 1. The van der Waals surface area contributed by atoms with E-state index in [9.17, 15) is 9.59 Å². The lowest BCUT2D eigenvalue weighted by Crippen LogP contribution is -2.46. The first-order valence-corrected chi connectivity index (χ1v) is 7.83. The maximum Gasteiger partial charge on any atom is 0.245 e. The van der Waals surface area contributed by atoms with Crippen LogP contribution in [0.1, 0.15) is 40.0 Å². The topological polar surface area (TPSA) is 52.7 Å². The smallest absolute Gasteiger partial charge is 0.245 e. The molecule has 2 fully saturated rings. The van der Waals surface area contributed by atoms with Crippen LogP contribution in [0.25, 0.3) is 0 Å². The lowest BCUT2D eigenvalue weighted by molar-refractivity contribution is -0.134. The fourth-order valence-electron chi connectivity index (χ4n) is 3.15. The van der Waals surface area contributed by atoms with Crippen LogP contribution in [0.15, 0.2) is 0 Å². The quantitative estimate of drug-likeness (QED) is 0.831. The second-order valence-electron chi connectivity index (χ2n) is 6.31. The molecule has 2 aliphatic rings. The number of hydrogen-bond acceptors (Lipinski definition) is 3. The number of hydrogen-bond donors (Lipinski definition) is 1. The normalized spacial score (nSPS) is 28.9. The van der Waals surface area contributed by atoms with Crippen molar-refractivity contribution in [1.82, 2.24) is 15.1 Å². The van der Waals surface area contributed by atoms with E-state index >= 15 is 0 Å². The van der Waals surface area contributed by atoms with Crippen molar-refractivity contribution in [3.63, 3.8) is 0 Å². The van der Waals surface area contributed by atoms with Crippen molar-refractivity contribution in [2.75, 3.05) is 26.2 Å². The first-order valence-electron chi connectivity index (χ1n) is 7.83. The molecule has 0 bridgehead atoms. The standard InChI is InChI=1S/C15H27N3O2/c1-4-13-15(20)18(8-6-14(19)16-13)10-12-5-7-17(9-12)11(2)3/h11-13H,4-10H2,1-3H3,(H,16,19). The van der Waals surface area contributed by atoms with Crippen LogP contribution in [-0.2, 0) is 9.59 Å². The predicted octanol–water partition coefficient (Wildman–Crippen LogP) is 0.844. The van der Waals surface area contributed by atoms with Crippen LogP contribution in [0.2, 0.25) is 0 Å². The Morgan fingerprint density at radius 1 is 1.30 bits per heavy atom. The van der Waals surface area contributed by atoms with Crippen LogP contribution >= 0.6 is 0 Å². The van der Waals surface area contributed by atoms with Crippen molar-refractivity contribution >= 4 is 11.8 Å². The van der Waals surface area contributed by atoms with Gasteiger partial charge in [0.25, 0.3) is 0 Å². The van der Waals surface area contributed by atoms with Gasteiger partial charge in [-0.25, -0.2) is 0 Å². The molecule has 2 atom stereocenters. The largest absolute Gasteiger partial charge is 0.344 e. The van der Waals surface area contributed by atoms with E-state index in [2.05, 4.69) is 24.1 Å². The van der Waals surface area contributed by atoms with Crippen molar-refractivity contribution in [1.29, 1.82) is 0 Å². The number of carbonyl (C=O) groups excluding carboxylic acids is 2. The molecule has 2 unspecified atom stereocenters. The van der Waals surface area contributed by atoms with Crippen LogP contribution in [-0.4, -0.2) is 59.9 Å². The zero-order valence-corrected chi connectivity index (χ0v) is 12.9. The van der Waals surface area contributed by atoms with Crippen molar-refractivity contribution in [3.05, 3.63) is 0 Å². The highest BCUT2D eigenvalue weighted by Crippen LogP contribution is 2.20. The average molecular weight is 281 g/mol. The molecule has 2 amide bonds. The van der Waals surface area contributed by atoms with E-state index in [-0.39, 0.29) is 17.9 Å². The minimum Gasteiger partial charge on any atom is -0.344 e. The Bertz CT molecular complexity index is 370. The van der Waals surface area contributed by atoms with Gasteiger partial charge in [-0.15, -0.1) is 0 Å². The summed E-state index contributed by atoms with van der Waals surface area (Å²) in [6.07, 6.45) is 2.26. The summed E-state index contributed by atoms with van der Waals surface area (Å²) < 4.78 is 0. The molecular formula is C15H27N3O2. The lowest BCUT2D eigenvalue weighted by Gasteiger charge is -2.27. The van der Waals surface area contributed by atoms with Crippen LogP contribution in [0.5, 0.6) is 0 Å². The summed E-state index contributed by atoms with van der Waals surface area (Å²) in [7, 11) is 0. The maximum atomic E-state index is 12.4. The molecule has 0 aromatic rings. The number of carbonyl (C=O) groups is 2. The van der Waals surface area contributed by atoms with Crippen molar-refractivity contribution in [2.45, 2.75) is 52.1 Å². The van der Waals surface area contributed by atoms with E-state index in [0.717, 1.165) is 26.1 Å². The fraction of sp³-hybridized carbons (Fsp3) is 0.867. The van der Waals surface area contributed by atoms with Crippen LogP contribution in [0.3, 0.4) is 0 Å². The predicted molar refractivity (Wildman–Crippen MR) is 78.2 cm³/mol. The Balaban J connectivity index is 1.94. The second-order valence-corrected chi connectivity index (χ2v) is 6.31. The molecule has 2 heterocycles. The van der Waals surface area contributed by atoms with E-state index in [1.54, 1.807) is 0 Å². The van der Waals surface area contributed by atoms with Crippen molar-refractivity contribution < 1.29 is 9.59 Å². The number of likely N-dealkylation sites (tertiary alicyclic amines) is 1. The summed E-state index contributed by atoms with van der Waals surface area (Å²) in [6, 6.07) is 0.249. The molecule has 2 rings (SSSR count). The molecule has 5 heteroatoms. The molecule has 0 aliphatic carbocycles. The van der Waals surface area contributed by atoms with Crippen LogP contribution in [0.4, 0.5) is 0 Å².